The molecule has 0 saturated heterocycles. The average Bonchev–Trinajstić information content (AvgIpc) is 3.38. The molecule has 3 aromatic carbocycles. The summed E-state index contributed by atoms with van der Waals surface area (Å²) in [6, 6.07) is 20.6. The van der Waals surface area contributed by atoms with Crippen LogP contribution in [0, 0.1) is 11.3 Å². The van der Waals surface area contributed by atoms with Crippen molar-refractivity contribution >= 4 is 52.4 Å². The van der Waals surface area contributed by atoms with E-state index in [0.717, 1.165) is 0 Å². The maximum Gasteiger partial charge on any atom is 0.258 e. The first-order chi connectivity index (χ1) is 17.8. The van der Waals surface area contributed by atoms with Crippen LogP contribution in [0.25, 0.3) is 0 Å². The van der Waals surface area contributed by atoms with Crippen molar-refractivity contribution in [3.8, 4) is 6.07 Å². The Balaban J connectivity index is 1.79. The Kier molecular flexibility index (Phi) is 8.14. The zero-order chi connectivity index (χ0) is 26.4. The van der Waals surface area contributed by atoms with Crippen LogP contribution in [0.3, 0.4) is 0 Å². The van der Waals surface area contributed by atoms with Gasteiger partial charge in [0.05, 0.1) is 24.5 Å². The maximum atomic E-state index is 13.2. The van der Waals surface area contributed by atoms with Gasteiger partial charge < -0.3 is 9.88 Å². The van der Waals surface area contributed by atoms with E-state index < -0.39 is 11.4 Å². The molecule has 0 radical (unpaired) electrons. The Labute approximate surface area is 229 Å². The van der Waals surface area contributed by atoms with Gasteiger partial charge in [0.2, 0.25) is 5.96 Å². The quantitative estimate of drug-likeness (QED) is 0.210. The first-order valence-electron chi connectivity index (χ1n) is 11.1. The van der Waals surface area contributed by atoms with E-state index in [9.17, 15) is 10.1 Å². The number of nitrogens with one attached hydrogen (secondary N) is 2. The number of carbonyl (C=O) groups is 1. The normalized spacial score (nSPS) is 12.9. The molecule has 4 aromatic rings. The zero-order valence-electron chi connectivity index (χ0n) is 19.6. The van der Waals surface area contributed by atoms with Crippen molar-refractivity contribution in [2.24, 2.45) is 4.99 Å². The summed E-state index contributed by atoms with van der Waals surface area (Å²) in [5.41, 5.74) is 1.07. The SMILES string of the molecule is C[C@](Cn1ccnc1)(N=C(NC(=O)c1cccc(C#N)c1)Nc1ccc(Cl)cc1)c1ccc(Cl)cc1Cl. The first kappa shape index (κ1) is 26.2. The van der Waals surface area contributed by atoms with Gasteiger partial charge in [0, 0.05) is 38.7 Å². The molecule has 1 heterocycles. The molecule has 2 N–H and O–H groups in total. The number of hydrogen-bond acceptors (Lipinski definition) is 4. The molecule has 0 saturated carbocycles. The molecule has 0 aliphatic carbocycles. The van der Waals surface area contributed by atoms with Gasteiger partial charge in [-0.15, -0.1) is 0 Å². The van der Waals surface area contributed by atoms with Gasteiger partial charge in [-0.2, -0.15) is 5.26 Å². The molecule has 1 aromatic heterocycles. The standard InChI is InChI=1S/C27H21Cl3N6O/c1-27(16-36-12-11-32-17-36,23-10-7-21(29)14-24(23)30)35-26(33-22-8-5-20(28)6-9-22)34-25(37)19-4-2-3-18(13-19)15-31/h2-14,17H,16H2,1H3,(H2,33,34,35,37)/t27-/m1/s1. The molecule has 0 fully saturated rings. The van der Waals surface area contributed by atoms with E-state index in [2.05, 4.69) is 15.6 Å². The summed E-state index contributed by atoms with van der Waals surface area (Å²) < 4.78 is 1.87. The third kappa shape index (κ3) is 6.69. The minimum absolute atomic E-state index is 0.170. The highest BCUT2D eigenvalue weighted by molar-refractivity contribution is 6.35. The predicted molar refractivity (Wildman–Crippen MR) is 147 cm³/mol. The molecular formula is C27H21Cl3N6O. The van der Waals surface area contributed by atoms with Crippen LogP contribution < -0.4 is 10.6 Å². The molecule has 0 spiro atoms. The minimum Gasteiger partial charge on any atom is -0.335 e. The maximum absolute atomic E-state index is 13.2. The number of rotatable bonds is 6. The molecule has 1 atom stereocenters. The van der Waals surface area contributed by atoms with Gasteiger partial charge in [-0.25, -0.2) is 9.98 Å². The van der Waals surface area contributed by atoms with Crippen LogP contribution in [0.1, 0.15) is 28.4 Å². The van der Waals surface area contributed by atoms with Crippen LogP contribution in [-0.4, -0.2) is 21.4 Å². The summed E-state index contributed by atoms with van der Waals surface area (Å²) in [5.74, 6) is -0.271. The molecule has 0 aliphatic rings. The Morgan fingerprint density at radius 2 is 1.84 bits per heavy atom. The molecule has 0 unspecified atom stereocenters. The van der Waals surface area contributed by atoms with Crippen LogP contribution in [0.5, 0.6) is 0 Å². The molecule has 186 valence electrons. The fraction of sp³-hybridized carbons (Fsp3) is 0.111. The number of imidazole rings is 1. The van der Waals surface area contributed by atoms with Gasteiger partial charge >= 0.3 is 0 Å². The summed E-state index contributed by atoms with van der Waals surface area (Å²) >= 11 is 18.8. The van der Waals surface area contributed by atoms with E-state index >= 15 is 0 Å². The van der Waals surface area contributed by atoms with Gasteiger partial charge in [-0.3, -0.25) is 10.1 Å². The zero-order valence-corrected chi connectivity index (χ0v) is 21.9. The number of halogens is 3. The summed E-state index contributed by atoms with van der Waals surface area (Å²) in [4.78, 5) is 22.3. The Morgan fingerprint density at radius 3 is 2.51 bits per heavy atom. The molecule has 0 aliphatic heterocycles. The summed E-state index contributed by atoms with van der Waals surface area (Å²) in [6.07, 6.45) is 5.16. The largest absolute Gasteiger partial charge is 0.335 e. The van der Waals surface area contributed by atoms with E-state index in [1.54, 1.807) is 67.1 Å². The smallest absolute Gasteiger partial charge is 0.258 e. The Hall–Kier alpha value is -3.83. The molecular weight excluding hydrogens is 531 g/mol. The fourth-order valence-corrected chi connectivity index (χ4v) is 4.49. The molecule has 7 nitrogen and oxygen atoms in total. The number of aromatic nitrogens is 2. The van der Waals surface area contributed by atoms with E-state index in [1.807, 2.05) is 29.8 Å². The third-order valence-electron chi connectivity index (χ3n) is 5.51. The van der Waals surface area contributed by atoms with Crippen molar-refractivity contribution in [2.45, 2.75) is 19.0 Å². The van der Waals surface area contributed by atoms with Crippen molar-refractivity contribution < 1.29 is 4.79 Å². The second-order valence-corrected chi connectivity index (χ2v) is 9.65. The van der Waals surface area contributed by atoms with Crippen LogP contribution in [-0.2, 0) is 12.1 Å². The highest BCUT2D eigenvalue weighted by Crippen LogP contribution is 2.35. The van der Waals surface area contributed by atoms with Crippen molar-refractivity contribution in [1.29, 1.82) is 5.26 Å². The van der Waals surface area contributed by atoms with Gasteiger partial charge in [-0.1, -0.05) is 46.9 Å². The van der Waals surface area contributed by atoms with Crippen LogP contribution in [0.15, 0.2) is 90.4 Å². The number of aliphatic imine (C=N–C) groups is 1. The minimum atomic E-state index is -0.959. The van der Waals surface area contributed by atoms with Crippen LogP contribution >= 0.6 is 34.8 Å². The van der Waals surface area contributed by atoms with Crippen molar-refractivity contribution in [2.75, 3.05) is 5.32 Å². The summed E-state index contributed by atoms with van der Waals surface area (Å²) in [7, 11) is 0. The molecule has 0 bridgehead atoms. The molecule has 4 rings (SSSR count). The Bertz CT molecular complexity index is 1480. The van der Waals surface area contributed by atoms with E-state index in [0.29, 0.717) is 44.0 Å². The molecule has 10 heteroatoms. The number of nitrogens with zero attached hydrogens (tertiary/aromatic N) is 4. The van der Waals surface area contributed by atoms with Gasteiger partial charge in [-0.05, 0) is 67.1 Å². The van der Waals surface area contributed by atoms with Gasteiger partial charge in [0.1, 0.15) is 5.54 Å². The topological polar surface area (TPSA) is 95.1 Å². The number of carbonyl (C=O) groups excluding carboxylic acids is 1. The van der Waals surface area contributed by atoms with Gasteiger partial charge in [0.25, 0.3) is 5.91 Å². The van der Waals surface area contributed by atoms with E-state index in [4.69, 9.17) is 39.8 Å². The summed E-state index contributed by atoms with van der Waals surface area (Å²) in [6.45, 7) is 2.26. The molecule has 1 amide bonds. The second-order valence-electron chi connectivity index (χ2n) is 8.37. The number of guanidine groups is 1. The van der Waals surface area contributed by atoms with E-state index in [1.165, 1.54) is 6.07 Å². The average molecular weight is 552 g/mol. The lowest BCUT2D eigenvalue weighted by Crippen LogP contribution is -2.39. The number of nitriles is 1. The number of benzene rings is 3. The molecule has 37 heavy (non-hydrogen) atoms. The number of amides is 1. The summed E-state index contributed by atoms with van der Waals surface area (Å²) in [5, 5.41) is 16.7. The van der Waals surface area contributed by atoms with E-state index in [-0.39, 0.29) is 5.96 Å². The first-order valence-corrected chi connectivity index (χ1v) is 12.2. The highest BCUT2D eigenvalue weighted by atomic mass is 35.5. The lowest BCUT2D eigenvalue weighted by Gasteiger charge is -2.29. The van der Waals surface area contributed by atoms with Crippen LogP contribution in [0.2, 0.25) is 15.1 Å². The van der Waals surface area contributed by atoms with Crippen molar-refractivity contribution in [3.05, 3.63) is 117 Å². The van der Waals surface area contributed by atoms with Crippen molar-refractivity contribution in [3.63, 3.8) is 0 Å². The third-order valence-corrected chi connectivity index (χ3v) is 6.31. The highest BCUT2D eigenvalue weighted by Gasteiger charge is 2.30. The van der Waals surface area contributed by atoms with Crippen LogP contribution in [0.4, 0.5) is 5.69 Å². The number of anilines is 1. The lowest BCUT2D eigenvalue weighted by molar-refractivity contribution is 0.0976. The monoisotopic (exact) mass is 550 g/mol. The fourth-order valence-electron chi connectivity index (χ4n) is 3.76. The number of hydrogen-bond donors (Lipinski definition) is 2. The predicted octanol–water partition coefficient (Wildman–Crippen LogP) is 6.53. The van der Waals surface area contributed by atoms with Gasteiger partial charge in [0.15, 0.2) is 0 Å². The Morgan fingerprint density at radius 1 is 1.08 bits per heavy atom. The second kappa shape index (κ2) is 11.5. The van der Waals surface area contributed by atoms with Crippen molar-refractivity contribution in [1.82, 2.24) is 14.9 Å². The lowest BCUT2D eigenvalue weighted by atomic mass is 9.92.